The molecule has 20 heavy (non-hydrogen) atoms. The fourth-order valence-electron chi connectivity index (χ4n) is 2.60. The van der Waals surface area contributed by atoms with E-state index in [-0.39, 0.29) is 5.75 Å². The molecule has 1 aliphatic rings. The van der Waals surface area contributed by atoms with Crippen LogP contribution in [-0.4, -0.2) is 33.3 Å². The molecule has 1 unspecified atom stereocenters. The van der Waals surface area contributed by atoms with Gasteiger partial charge < -0.3 is 5.32 Å². The number of rotatable bonds is 5. The topological polar surface area (TPSA) is 49.4 Å². The molecule has 1 aromatic carbocycles. The predicted molar refractivity (Wildman–Crippen MR) is 83.6 cm³/mol. The first kappa shape index (κ1) is 15.3. The maximum atomic E-state index is 12.6. The van der Waals surface area contributed by atoms with Crippen LogP contribution in [0.4, 0.5) is 5.69 Å². The summed E-state index contributed by atoms with van der Waals surface area (Å²) in [7, 11) is -3.25. The van der Waals surface area contributed by atoms with Crippen molar-refractivity contribution in [3.63, 3.8) is 0 Å². The molecule has 0 amide bonds. The molecule has 0 bridgehead atoms. The third-order valence-corrected chi connectivity index (χ3v) is 5.29. The quantitative estimate of drug-likeness (QED) is 0.904. The Morgan fingerprint density at radius 2 is 2.05 bits per heavy atom. The summed E-state index contributed by atoms with van der Waals surface area (Å²) in [6.45, 7) is 7.22. The van der Waals surface area contributed by atoms with Gasteiger partial charge in [-0.2, -0.15) is 0 Å². The van der Waals surface area contributed by atoms with Gasteiger partial charge in [0.15, 0.2) is 0 Å². The number of benzene rings is 1. The molecule has 1 aromatic rings. The largest absolute Gasteiger partial charge is 0.313 e. The summed E-state index contributed by atoms with van der Waals surface area (Å²) in [5.41, 5.74) is 1.99. The average molecular weight is 296 g/mol. The summed E-state index contributed by atoms with van der Waals surface area (Å²) < 4.78 is 26.7. The van der Waals surface area contributed by atoms with Crippen molar-refractivity contribution < 1.29 is 8.42 Å². The lowest BCUT2D eigenvalue weighted by Gasteiger charge is -2.34. The average Bonchev–Trinajstić information content (AvgIpc) is 2.37. The second-order valence-corrected chi connectivity index (χ2v) is 7.91. The van der Waals surface area contributed by atoms with Crippen molar-refractivity contribution in [1.29, 1.82) is 0 Å². The van der Waals surface area contributed by atoms with E-state index in [4.69, 9.17) is 0 Å². The minimum atomic E-state index is -3.25. The number of fused-ring (bicyclic) bond motifs is 1. The fourth-order valence-corrected chi connectivity index (χ4v) is 4.15. The predicted octanol–water partition coefficient (Wildman–Crippen LogP) is 2.01. The Morgan fingerprint density at radius 3 is 2.75 bits per heavy atom. The van der Waals surface area contributed by atoms with Crippen LogP contribution >= 0.6 is 0 Å². The third kappa shape index (κ3) is 3.52. The number of nitrogens with one attached hydrogen (secondary N) is 1. The Bertz CT molecular complexity index is 555. The van der Waals surface area contributed by atoms with Crippen molar-refractivity contribution in [2.45, 2.75) is 33.2 Å². The van der Waals surface area contributed by atoms with Crippen LogP contribution in [-0.2, 0) is 16.4 Å². The lowest BCUT2D eigenvalue weighted by atomic mass is 9.96. The molecule has 0 radical (unpaired) electrons. The Morgan fingerprint density at radius 1 is 1.35 bits per heavy atom. The highest BCUT2D eigenvalue weighted by Gasteiger charge is 2.29. The van der Waals surface area contributed by atoms with Crippen molar-refractivity contribution >= 4 is 15.7 Å². The zero-order valence-electron chi connectivity index (χ0n) is 12.5. The molecule has 1 heterocycles. The van der Waals surface area contributed by atoms with Gasteiger partial charge in [-0.15, -0.1) is 0 Å². The first-order chi connectivity index (χ1) is 9.40. The summed E-state index contributed by atoms with van der Waals surface area (Å²) in [5, 5.41) is 3.17. The summed E-state index contributed by atoms with van der Waals surface area (Å²) >= 11 is 0. The molecule has 5 heteroatoms. The Hall–Kier alpha value is -1.07. The van der Waals surface area contributed by atoms with Crippen LogP contribution in [0.2, 0.25) is 0 Å². The van der Waals surface area contributed by atoms with E-state index in [2.05, 4.69) is 12.2 Å². The lowest BCUT2D eigenvalue weighted by molar-refractivity contribution is 0.540. The van der Waals surface area contributed by atoms with Crippen LogP contribution in [0, 0.1) is 5.92 Å². The molecule has 1 atom stereocenters. The monoisotopic (exact) mass is 296 g/mol. The zero-order chi connectivity index (χ0) is 14.8. The van der Waals surface area contributed by atoms with Crippen molar-refractivity contribution in [3.8, 4) is 0 Å². The van der Waals surface area contributed by atoms with E-state index in [1.54, 1.807) is 4.31 Å². The molecule has 4 nitrogen and oxygen atoms in total. The minimum Gasteiger partial charge on any atom is -0.313 e. The second kappa shape index (κ2) is 6.14. The molecular weight excluding hydrogens is 272 g/mol. The standard InChI is InChI=1S/C15H24N2O2S/c1-12(2)16-8-9-20(18,19)17-11-13(3)10-14-6-4-5-7-15(14)17/h4-7,12-13,16H,8-11H2,1-3H3. The van der Waals surface area contributed by atoms with Gasteiger partial charge >= 0.3 is 0 Å². The highest BCUT2D eigenvalue weighted by atomic mass is 32.2. The molecule has 0 spiro atoms. The van der Waals surface area contributed by atoms with Gasteiger partial charge in [0.2, 0.25) is 10.0 Å². The van der Waals surface area contributed by atoms with Crippen molar-refractivity contribution in [1.82, 2.24) is 5.32 Å². The van der Waals surface area contributed by atoms with Crippen molar-refractivity contribution in [3.05, 3.63) is 29.8 Å². The lowest BCUT2D eigenvalue weighted by Crippen LogP contribution is -2.42. The van der Waals surface area contributed by atoms with Crippen LogP contribution in [0.15, 0.2) is 24.3 Å². The molecule has 112 valence electrons. The first-order valence-electron chi connectivity index (χ1n) is 7.22. The van der Waals surface area contributed by atoms with Gasteiger partial charge in [-0.3, -0.25) is 4.31 Å². The van der Waals surface area contributed by atoms with Crippen LogP contribution < -0.4 is 9.62 Å². The van der Waals surface area contributed by atoms with Crippen molar-refractivity contribution in [2.24, 2.45) is 5.92 Å². The van der Waals surface area contributed by atoms with Crippen LogP contribution in [0.1, 0.15) is 26.3 Å². The van der Waals surface area contributed by atoms with Gasteiger partial charge in [0, 0.05) is 19.1 Å². The molecule has 0 fully saturated rings. The van der Waals surface area contributed by atoms with Gasteiger partial charge in [0.25, 0.3) is 0 Å². The van der Waals surface area contributed by atoms with Gasteiger partial charge in [-0.05, 0) is 24.0 Å². The highest BCUT2D eigenvalue weighted by Crippen LogP contribution is 2.31. The first-order valence-corrected chi connectivity index (χ1v) is 8.83. The van der Waals surface area contributed by atoms with Crippen LogP contribution in [0.25, 0.3) is 0 Å². The molecule has 0 saturated carbocycles. The maximum Gasteiger partial charge on any atom is 0.236 e. The highest BCUT2D eigenvalue weighted by molar-refractivity contribution is 7.92. The summed E-state index contributed by atoms with van der Waals surface area (Å²) in [4.78, 5) is 0. The van der Waals surface area contributed by atoms with Gasteiger partial charge in [-0.1, -0.05) is 39.0 Å². The molecule has 1 aliphatic heterocycles. The SMILES string of the molecule is CC1Cc2ccccc2N(S(=O)(=O)CCNC(C)C)C1. The smallest absolute Gasteiger partial charge is 0.236 e. The Balaban J connectivity index is 2.19. The van der Waals surface area contributed by atoms with Crippen LogP contribution in [0.5, 0.6) is 0 Å². The van der Waals surface area contributed by atoms with Gasteiger partial charge in [0.05, 0.1) is 11.4 Å². The second-order valence-electron chi connectivity index (χ2n) is 5.89. The number of hydrogen-bond acceptors (Lipinski definition) is 3. The fraction of sp³-hybridized carbons (Fsp3) is 0.600. The Kier molecular flexibility index (Phi) is 4.70. The Labute approximate surface area is 122 Å². The van der Waals surface area contributed by atoms with Gasteiger partial charge in [0.1, 0.15) is 0 Å². The molecule has 0 aliphatic carbocycles. The summed E-state index contributed by atoms with van der Waals surface area (Å²) in [5.74, 6) is 0.504. The van der Waals surface area contributed by atoms with Gasteiger partial charge in [-0.25, -0.2) is 8.42 Å². The third-order valence-electron chi connectivity index (χ3n) is 3.55. The molecule has 2 rings (SSSR count). The number of para-hydroxylation sites is 1. The van der Waals surface area contributed by atoms with E-state index in [1.165, 1.54) is 0 Å². The van der Waals surface area contributed by atoms with E-state index in [1.807, 2.05) is 38.1 Å². The maximum absolute atomic E-state index is 12.6. The number of hydrogen-bond donors (Lipinski definition) is 1. The molecule has 0 aromatic heterocycles. The normalized spacial score (nSPS) is 19.2. The molecule has 0 saturated heterocycles. The summed E-state index contributed by atoms with van der Waals surface area (Å²) in [6, 6.07) is 8.12. The molecular formula is C15H24N2O2S. The van der Waals surface area contributed by atoms with Crippen molar-refractivity contribution in [2.75, 3.05) is 23.1 Å². The van der Waals surface area contributed by atoms with E-state index < -0.39 is 10.0 Å². The van der Waals surface area contributed by atoms with E-state index in [9.17, 15) is 8.42 Å². The van der Waals surface area contributed by atoms with E-state index in [0.29, 0.717) is 25.0 Å². The number of sulfonamides is 1. The number of anilines is 1. The minimum absolute atomic E-state index is 0.145. The number of nitrogens with zero attached hydrogens (tertiary/aromatic N) is 1. The van der Waals surface area contributed by atoms with E-state index in [0.717, 1.165) is 17.7 Å². The molecule has 1 N–H and O–H groups in total. The van der Waals surface area contributed by atoms with E-state index >= 15 is 0 Å². The van der Waals surface area contributed by atoms with Crippen LogP contribution in [0.3, 0.4) is 0 Å². The zero-order valence-corrected chi connectivity index (χ0v) is 13.3. The summed E-state index contributed by atoms with van der Waals surface area (Å²) in [6.07, 6.45) is 0.951.